The van der Waals surface area contributed by atoms with Gasteiger partial charge in [0.1, 0.15) is 17.1 Å². The molecule has 1 saturated carbocycles. The molecule has 2 aromatic rings. The molecule has 3 rings (SSSR count). The van der Waals surface area contributed by atoms with Gasteiger partial charge in [-0.3, -0.25) is 0 Å². The van der Waals surface area contributed by atoms with Crippen LogP contribution in [0.4, 0.5) is 4.79 Å². The summed E-state index contributed by atoms with van der Waals surface area (Å²) in [5, 5.41) is 16.5. The van der Waals surface area contributed by atoms with E-state index in [0.717, 1.165) is 53.7 Å². The number of rotatable bonds is 4. The molecule has 1 aliphatic carbocycles. The number of nitrogens with one attached hydrogen (secondary N) is 2. The number of amides is 2. The van der Waals surface area contributed by atoms with Crippen molar-refractivity contribution in [2.75, 3.05) is 7.11 Å². The normalized spacial score (nSPS) is 21.8. The first kappa shape index (κ1) is 17.6. The number of carbonyl (C=O) groups is 1. The summed E-state index contributed by atoms with van der Waals surface area (Å²) in [6.07, 6.45) is 2.88. The zero-order valence-corrected chi connectivity index (χ0v) is 15.0. The summed E-state index contributed by atoms with van der Waals surface area (Å²) in [6, 6.07) is 5.36. The van der Waals surface area contributed by atoms with Gasteiger partial charge in [-0.15, -0.1) is 0 Å². The van der Waals surface area contributed by atoms with E-state index < -0.39 is 0 Å². The average Bonchev–Trinajstić information content (AvgIpc) is 2.93. The lowest BCUT2D eigenvalue weighted by atomic mass is 9.93. The second-order valence-electron chi connectivity index (χ2n) is 6.80. The van der Waals surface area contributed by atoms with Crippen molar-refractivity contribution >= 4 is 17.0 Å². The SMILES string of the molecule is COc1ccc2oc([C@@H](C)NC(=O)NC3CCC(O)CC3)c(C)c2c1. The molecule has 0 aliphatic heterocycles. The van der Waals surface area contributed by atoms with Gasteiger partial charge in [-0.2, -0.15) is 0 Å². The first-order valence-electron chi connectivity index (χ1n) is 8.80. The fourth-order valence-electron chi connectivity index (χ4n) is 3.47. The number of aliphatic hydroxyl groups excluding tert-OH is 1. The standard InChI is InChI=1S/C19H26N2O4/c1-11-16-10-15(24-3)8-9-17(16)25-18(11)12(2)20-19(23)21-13-4-6-14(22)7-5-13/h8-10,12-14,22H,4-7H2,1-3H3,(H2,20,21,23)/t12-,13?,14?/m1/s1. The van der Waals surface area contributed by atoms with E-state index in [4.69, 9.17) is 9.15 Å². The minimum absolute atomic E-state index is 0.122. The van der Waals surface area contributed by atoms with Gasteiger partial charge in [-0.1, -0.05) is 0 Å². The Bertz CT molecular complexity index is 747. The number of hydrogen-bond acceptors (Lipinski definition) is 4. The van der Waals surface area contributed by atoms with Gasteiger partial charge in [0.25, 0.3) is 0 Å². The van der Waals surface area contributed by atoms with E-state index >= 15 is 0 Å². The molecule has 1 aliphatic rings. The number of methoxy groups -OCH3 is 1. The third-order valence-corrected chi connectivity index (χ3v) is 4.95. The summed E-state index contributed by atoms with van der Waals surface area (Å²) in [5.74, 6) is 1.53. The summed E-state index contributed by atoms with van der Waals surface area (Å²) in [7, 11) is 1.64. The van der Waals surface area contributed by atoms with Crippen LogP contribution in [0.2, 0.25) is 0 Å². The molecule has 1 atom stereocenters. The lowest BCUT2D eigenvalue weighted by molar-refractivity contribution is 0.117. The molecular weight excluding hydrogens is 320 g/mol. The maximum Gasteiger partial charge on any atom is 0.315 e. The molecule has 3 N–H and O–H groups in total. The van der Waals surface area contributed by atoms with Crippen LogP contribution >= 0.6 is 0 Å². The van der Waals surface area contributed by atoms with Crippen LogP contribution in [0.25, 0.3) is 11.0 Å². The highest BCUT2D eigenvalue weighted by Crippen LogP contribution is 2.31. The molecule has 0 radical (unpaired) electrons. The summed E-state index contributed by atoms with van der Waals surface area (Å²) in [4.78, 5) is 12.3. The molecule has 6 nitrogen and oxygen atoms in total. The largest absolute Gasteiger partial charge is 0.497 e. The summed E-state index contributed by atoms with van der Waals surface area (Å²) >= 11 is 0. The van der Waals surface area contributed by atoms with E-state index in [1.54, 1.807) is 7.11 Å². The van der Waals surface area contributed by atoms with Gasteiger partial charge in [0.2, 0.25) is 0 Å². The van der Waals surface area contributed by atoms with Crippen molar-refractivity contribution in [3.8, 4) is 5.75 Å². The van der Waals surface area contributed by atoms with Crippen molar-refractivity contribution < 1.29 is 19.1 Å². The van der Waals surface area contributed by atoms with E-state index in [2.05, 4.69) is 10.6 Å². The minimum Gasteiger partial charge on any atom is -0.497 e. The van der Waals surface area contributed by atoms with Gasteiger partial charge in [0.05, 0.1) is 19.3 Å². The number of ether oxygens (including phenoxy) is 1. The third-order valence-electron chi connectivity index (χ3n) is 4.95. The first-order chi connectivity index (χ1) is 12.0. The van der Waals surface area contributed by atoms with Gasteiger partial charge >= 0.3 is 6.03 Å². The molecule has 25 heavy (non-hydrogen) atoms. The Kier molecular flexibility index (Phi) is 5.18. The van der Waals surface area contributed by atoms with Crippen LogP contribution in [-0.4, -0.2) is 30.4 Å². The highest BCUT2D eigenvalue weighted by atomic mass is 16.5. The zero-order valence-electron chi connectivity index (χ0n) is 15.0. The molecule has 1 fully saturated rings. The van der Waals surface area contributed by atoms with E-state index in [9.17, 15) is 9.90 Å². The minimum atomic E-state index is -0.243. The number of benzene rings is 1. The second-order valence-corrected chi connectivity index (χ2v) is 6.80. The molecule has 1 aromatic heterocycles. The molecule has 2 amide bonds. The number of urea groups is 1. The Labute approximate surface area is 147 Å². The maximum atomic E-state index is 12.3. The van der Waals surface area contributed by atoms with E-state index in [0.29, 0.717) is 0 Å². The molecule has 0 saturated heterocycles. The van der Waals surface area contributed by atoms with Crippen molar-refractivity contribution in [2.24, 2.45) is 0 Å². The molecule has 0 spiro atoms. The fourth-order valence-corrected chi connectivity index (χ4v) is 3.47. The Balaban J connectivity index is 1.66. The van der Waals surface area contributed by atoms with Crippen LogP contribution in [0.5, 0.6) is 5.75 Å². The summed E-state index contributed by atoms with van der Waals surface area (Å²) < 4.78 is 11.2. The smallest absolute Gasteiger partial charge is 0.315 e. The van der Waals surface area contributed by atoms with Crippen LogP contribution in [0, 0.1) is 6.92 Å². The van der Waals surface area contributed by atoms with Gasteiger partial charge in [-0.25, -0.2) is 4.79 Å². The van der Waals surface area contributed by atoms with Crippen LogP contribution in [0.1, 0.15) is 50.0 Å². The molecule has 0 unspecified atom stereocenters. The first-order valence-corrected chi connectivity index (χ1v) is 8.80. The molecular formula is C19H26N2O4. The number of fused-ring (bicyclic) bond motifs is 1. The van der Waals surface area contributed by atoms with Crippen LogP contribution in [0.15, 0.2) is 22.6 Å². The highest BCUT2D eigenvalue weighted by molar-refractivity contribution is 5.84. The summed E-state index contributed by atoms with van der Waals surface area (Å²) in [5.41, 5.74) is 1.78. The Hall–Kier alpha value is -2.21. The molecule has 0 bridgehead atoms. The number of hydrogen-bond donors (Lipinski definition) is 3. The lowest BCUT2D eigenvalue weighted by Gasteiger charge is -2.26. The van der Waals surface area contributed by atoms with Crippen molar-refractivity contribution in [1.29, 1.82) is 0 Å². The highest BCUT2D eigenvalue weighted by Gasteiger charge is 2.23. The molecule has 136 valence electrons. The molecule has 1 heterocycles. The number of carbonyl (C=O) groups excluding carboxylic acids is 1. The van der Waals surface area contributed by atoms with Gasteiger partial charge in [0, 0.05) is 17.0 Å². The van der Waals surface area contributed by atoms with Gasteiger partial charge < -0.3 is 24.9 Å². The van der Waals surface area contributed by atoms with Crippen molar-refractivity contribution in [3.63, 3.8) is 0 Å². The molecule has 6 heteroatoms. The van der Waals surface area contributed by atoms with Gasteiger partial charge in [0.15, 0.2) is 0 Å². The van der Waals surface area contributed by atoms with Gasteiger partial charge in [-0.05, 0) is 57.7 Å². The predicted molar refractivity (Wildman–Crippen MR) is 95.8 cm³/mol. The lowest BCUT2D eigenvalue weighted by Crippen LogP contribution is -2.44. The van der Waals surface area contributed by atoms with Crippen molar-refractivity contribution in [1.82, 2.24) is 10.6 Å². The van der Waals surface area contributed by atoms with E-state index in [-0.39, 0.29) is 24.2 Å². The Morgan fingerprint density at radius 1 is 1.32 bits per heavy atom. The number of furan rings is 1. The van der Waals surface area contributed by atoms with Crippen LogP contribution in [-0.2, 0) is 0 Å². The number of aryl methyl sites for hydroxylation is 1. The summed E-state index contributed by atoms with van der Waals surface area (Å²) in [6.45, 7) is 3.89. The van der Waals surface area contributed by atoms with E-state index in [1.165, 1.54) is 0 Å². The van der Waals surface area contributed by atoms with Crippen molar-refractivity contribution in [2.45, 2.75) is 57.7 Å². The zero-order chi connectivity index (χ0) is 18.0. The number of aliphatic hydroxyl groups is 1. The van der Waals surface area contributed by atoms with Crippen LogP contribution < -0.4 is 15.4 Å². The average molecular weight is 346 g/mol. The second kappa shape index (κ2) is 7.35. The maximum absolute atomic E-state index is 12.3. The Morgan fingerprint density at radius 3 is 2.72 bits per heavy atom. The van der Waals surface area contributed by atoms with E-state index in [1.807, 2.05) is 32.0 Å². The Morgan fingerprint density at radius 2 is 2.04 bits per heavy atom. The third kappa shape index (κ3) is 3.90. The quantitative estimate of drug-likeness (QED) is 0.792. The van der Waals surface area contributed by atoms with Crippen LogP contribution in [0.3, 0.4) is 0 Å². The topological polar surface area (TPSA) is 83.7 Å². The fraction of sp³-hybridized carbons (Fsp3) is 0.526. The monoisotopic (exact) mass is 346 g/mol. The molecule has 1 aromatic carbocycles. The predicted octanol–water partition coefficient (Wildman–Crippen LogP) is 3.41. The van der Waals surface area contributed by atoms with Crippen molar-refractivity contribution in [3.05, 3.63) is 29.5 Å².